The number of halogens is 2. The monoisotopic (exact) mass is 398 g/mol. The van der Waals surface area contributed by atoms with Crippen LogP contribution in [0.2, 0.25) is 5.02 Å². The topological polar surface area (TPSA) is 92.3 Å². The summed E-state index contributed by atoms with van der Waals surface area (Å²) in [5, 5.41) is 4.85. The van der Waals surface area contributed by atoms with Crippen LogP contribution in [0.3, 0.4) is 0 Å². The molecule has 0 fully saturated rings. The largest absolute Gasteiger partial charge is 0.326 e. The Hall–Kier alpha value is -2.45. The van der Waals surface area contributed by atoms with Gasteiger partial charge >= 0.3 is 0 Å². The number of amides is 2. The highest BCUT2D eigenvalue weighted by molar-refractivity contribution is 7.91. The van der Waals surface area contributed by atoms with E-state index >= 15 is 0 Å². The summed E-state index contributed by atoms with van der Waals surface area (Å²) in [6.07, 6.45) is -0.273. The van der Waals surface area contributed by atoms with Crippen LogP contribution in [-0.2, 0) is 19.4 Å². The van der Waals surface area contributed by atoms with E-state index in [1.807, 2.05) is 0 Å². The van der Waals surface area contributed by atoms with Gasteiger partial charge in [0.15, 0.2) is 9.84 Å². The number of benzene rings is 2. The van der Waals surface area contributed by atoms with Crippen molar-refractivity contribution in [2.24, 2.45) is 0 Å². The minimum Gasteiger partial charge on any atom is -0.326 e. The molecule has 0 spiro atoms. The van der Waals surface area contributed by atoms with E-state index < -0.39 is 27.3 Å². The maximum Gasteiger partial charge on any atom is 0.225 e. The Morgan fingerprint density at radius 2 is 1.65 bits per heavy atom. The second kappa shape index (κ2) is 8.29. The van der Waals surface area contributed by atoms with Gasteiger partial charge in [0.1, 0.15) is 5.82 Å². The van der Waals surface area contributed by atoms with Crippen LogP contribution < -0.4 is 10.6 Å². The van der Waals surface area contributed by atoms with E-state index in [0.717, 1.165) is 6.07 Å². The van der Waals surface area contributed by atoms with Gasteiger partial charge in [-0.05, 0) is 42.5 Å². The molecule has 26 heavy (non-hydrogen) atoms. The van der Waals surface area contributed by atoms with Crippen LogP contribution in [-0.4, -0.2) is 26.0 Å². The first-order chi connectivity index (χ1) is 12.2. The predicted molar refractivity (Wildman–Crippen MR) is 97.5 cm³/mol. The average Bonchev–Trinajstić information content (AvgIpc) is 2.56. The first kappa shape index (κ1) is 19.9. The third kappa shape index (κ3) is 5.53. The van der Waals surface area contributed by atoms with E-state index in [1.54, 1.807) is 0 Å². The molecule has 0 aliphatic carbocycles. The lowest BCUT2D eigenvalue weighted by molar-refractivity contribution is -0.116. The summed E-state index contributed by atoms with van der Waals surface area (Å²) in [5.74, 6) is -1.81. The van der Waals surface area contributed by atoms with E-state index in [0.29, 0.717) is 5.69 Å². The zero-order valence-corrected chi connectivity index (χ0v) is 15.3. The summed E-state index contributed by atoms with van der Waals surface area (Å²) in [7, 11) is -3.67. The number of hydrogen-bond donors (Lipinski definition) is 2. The first-order valence-electron chi connectivity index (χ1n) is 7.53. The third-order valence-corrected chi connectivity index (χ3v) is 5.36. The molecule has 0 bridgehead atoms. The molecule has 0 unspecified atom stereocenters. The molecule has 2 aromatic rings. The second-order valence-electron chi connectivity index (χ2n) is 5.45. The summed E-state index contributed by atoms with van der Waals surface area (Å²) in [4.78, 5) is 22.9. The van der Waals surface area contributed by atoms with Crippen molar-refractivity contribution >= 4 is 44.6 Å². The van der Waals surface area contributed by atoms with Crippen LogP contribution in [0, 0.1) is 5.82 Å². The van der Waals surface area contributed by atoms with Crippen LogP contribution >= 0.6 is 11.6 Å². The molecule has 6 nitrogen and oxygen atoms in total. The van der Waals surface area contributed by atoms with E-state index in [2.05, 4.69) is 10.6 Å². The van der Waals surface area contributed by atoms with Crippen LogP contribution in [0.4, 0.5) is 15.8 Å². The number of carbonyl (C=O) groups excluding carboxylic acids is 2. The number of nitrogens with one attached hydrogen (secondary N) is 2. The van der Waals surface area contributed by atoms with Crippen molar-refractivity contribution in [2.45, 2.75) is 18.2 Å². The molecule has 0 radical (unpaired) electrons. The van der Waals surface area contributed by atoms with Gasteiger partial charge in [0, 0.05) is 24.7 Å². The zero-order valence-electron chi connectivity index (χ0n) is 13.8. The summed E-state index contributed by atoms with van der Waals surface area (Å²) in [6, 6.07) is 9.32. The van der Waals surface area contributed by atoms with Crippen molar-refractivity contribution in [3.05, 3.63) is 53.3 Å². The molecular weight excluding hydrogens is 383 g/mol. The lowest BCUT2D eigenvalue weighted by Gasteiger charge is -2.08. The Morgan fingerprint density at radius 1 is 1.04 bits per heavy atom. The first-order valence-corrected chi connectivity index (χ1v) is 9.56. The molecule has 2 N–H and O–H groups in total. The Kier molecular flexibility index (Phi) is 6.33. The van der Waals surface area contributed by atoms with Crippen molar-refractivity contribution in [1.82, 2.24) is 0 Å². The SMILES string of the molecule is CC(=O)Nc1ccc(S(=O)(=O)CCC(=O)Nc2ccc(F)c(Cl)c2)cc1. The van der Waals surface area contributed by atoms with E-state index in [-0.39, 0.29) is 27.9 Å². The molecule has 0 atom stereocenters. The lowest BCUT2D eigenvalue weighted by Crippen LogP contribution is -2.17. The molecule has 138 valence electrons. The quantitative estimate of drug-likeness (QED) is 0.781. The Balaban J connectivity index is 1.97. The number of rotatable bonds is 6. The summed E-state index contributed by atoms with van der Waals surface area (Å²) in [5.41, 5.74) is 0.751. The molecule has 0 aliphatic heterocycles. The predicted octanol–water partition coefficient (Wildman–Crippen LogP) is 3.24. The molecule has 0 saturated carbocycles. The molecule has 2 rings (SSSR count). The molecule has 0 saturated heterocycles. The minimum absolute atomic E-state index is 0.0456. The Morgan fingerprint density at radius 3 is 2.23 bits per heavy atom. The summed E-state index contributed by atoms with van der Waals surface area (Å²) in [6.45, 7) is 1.34. The highest BCUT2D eigenvalue weighted by Crippen LogP contribution is 2.20. The fraction of sp³-hybridized carbons (Fsp3) is 0.176. The van der Waals surface area contributed by atoms with Gasteiger partial charge in [0.2, 0.25) is 11.8 Å². The van der Waals surface area contributed by atoms with Gasteiger partial charge in [-0.1, -0.05) is 11.6 Å². The number of anilines is 2. The zero-order chi connectivity index (χ0) is 19.3. The van der Waals surface area contributed by atoms with Gasteiger partial charge in [0.05, 0.1) is 15.7 Å². The van der Waals surface area contributed by atoms with Crippen molar-refractivity contribution in [3.8, 4) is 0 Å². The van der Waals surface area contributed by atoms with Crippen molar-refractivity contribution in [2.75, 3.05) is 16.4 Å². The molecule has 9 heteroatoms. The molecule has 2 amide bonds. The highest BCUT2D eigenvalue weighted by atomic mass is 35.5. The maximum atomic E-state index is 13.1. The summed E-state index contributed by atoms with van der Waals surface area (Å²) < 4.78 is 37.6. The maximum absolute atomic E-state index is 13.1. The van der Waals surface area contributed by atoms with Gasteiger partial charge in [-0.3, -0.25) is 9.59 Å². The molecule has 0 aliphatic rings. The van der Waals surface area contributed by atoms with Crippen LogP contribution in [0.25, 0.3) is 0 Å². The van der Waals surface area contributed by atoms with Gasteiger partial charge in [0.25, 0.3) is 0 Å². The molecular formula is C17H16ClFN2O4S. The average molecular weight is 399 g/mol. The fourth-order valence-corrected chi connectivity index (χ4v) is 3.51. The second-order valence-corrected chi connectivity index (χ2v) is 7.97. The highest BCUT2D eigenvalue weighted by Gasteiger charge is 2.17. The third-order valence-electron chi connectivity index (χ3n) is 3.34. The van der Waals surface area contributed by atoms with Crippen LogP contribution in [0.1, 0.15) is 13.3 Å². The van der Waals surface area contributed by atoms with Crippen molar-refractivity contribution in [3.63, 3.8) is 0 Å². The number of sulfone groups is 1. The Labute approximate surface area is 155 Å². The van der Waals surface area contributed by atoms with E-state index in [9.17, 15) is 22.4 Å². The van der Waals surface area contributed by atoms with Crippen molar-refractivity contribution in [1.29, 1.82) is 0 Å². The lowest BCUT2D eigenvalue weighted by atomic mass is 10.3. The van der Waals surface area contributed by atoms with Crippen LogP contribution in [0.15, 0.2) is 47.4 Å². The van der Waals surface area contributed by atoms with Gasteiger partial charge < -0.3 is 10.6 Å². The smallest absolute Gasteiger partial charge is 0.225 e. The molecule has 0 heterocycles. The standard InChI is InChI=1S/C17H16ClFN2O4S/c1-11(22)20-12-2-5-14(6-3-12)26(24,25)9-8-17(23)21-13-4-7-16(19)15(18)10-13/h2-7,10H,8-9H2,1H3,(H,20,22)(H,21,23). The van der Waals surface area contributed by atoms with Gasteiger partial charge in [-0.25, -0.2) is 12.8 Å². The number of carbonyl (C=O) groups is 2. The number of hydrogen-bond acceptors (Lipinski definition) is 4. The summed E-state index contributed by atoms with van der Waals surface area (Å²) >= 11 is 5.62. The van der Waals surface area contributed by atoms with Crippen molar-refractivity contribution < 1.29 is 22.4 Å². The van der Waals surface area contributed by atoms with Gasteiger partial charge in [-0.2, -0.15) is 0 Å². The van der Waals surface area contributed by atoms with E-state index in [4.69, 9.17) is 11.6 Å². The molecule has 2 aromatic carbocycles. The normalized spacial score (nSPS) is 11.0. The minimum atomic E-state index is -3.67. The molecule has 0 aromatic heterocycles. The fourth-order valence-electron chi connectivity index (χ4n) is 2.09. The van der Waals surface area contributed by atoms with Crippen LogP contribution in [0.5, 0.6) is 0 Å². The van der Waals surface area contributed by atoms with E-state index in [1.165, 1.54) is 43.3 Å². The Bertz CT molecular complexity index is 930. The van der Waals surface area contributed by atoms with Gasteiger partial charge in [-0.15, -0.1) is 0 Å².